The number of carbonyl (C=O) groups excluding carboxylic acids is 1. The third-order valence-corrected chi connectivity index (χ3v) is 2.19. The van der Waals surface area contributed by atoms with E-state index >= 15 is 0 Å². The van der Waals surface area contributed by atoms with Gasteiger partial charge in [0.25, 0.3) is 3.79 Å². The second-order valence-electron chi connectivity index (χ2n) is 2.79. The highest BCUT2D eigenvalue weighted by atomic mass is 35.6. The van der Waals surface area contributed by atoms with Crippen molar-refractivity contribution in [3.8, 4) is 0 Å². The summed E-state index contributed by atoms with van der Waals surface area (Å²) in [6.07, 6.45) is 0. The fraction of sp³-hybridized carbons (Fsp3) is 0.222. The van der Waals surface area contributed by atoms with Gasteiger partial charge >= 0.3 is 0 Å². The number of aryl methyl sites for hydroxylation is 1. The Labute approximate surface area is 95.8 Å². The van der Waals surface area contributed by atoms with E-state index in [0.29, 0.717) is 5.56 Å². The standard InChI is InChI=1S/C9H6Cl3FO/c1-5-4-6(2-3-7(5)13)8(14)9(10,11)12/h2-4H,1H3. The van der Waals surface area contributed by atoms with E-state index in [0.717, 1.165) is 0 Å². The van der Waals surface area contributed by atoms with Crippen molar-refractivity contribution in [3.05, 3.63) is 35.1 Å². The summed E-state index contributed by atoms with van der Waals surface area (Å²) in [7, 11) is 0. The van der Waals surface area contributed by atoms with Crippen LogP contribution in [0.4, 0.5) is 4.39 Å². The topological polar surface area (TPSA) is 17.1 Å². The average molecular weight is 256 g/mol. The van der Waals surface area contributed by atoms with E-state index in [1.54, 1.807) is 0 Å². The molecule has 76 valence electrons. The van der Waals surface area contributed by atoms with Crippen molar-refractivity contribution in [1.29, 1.82) is 0 Å². The highest BCUT2D eigenvalue weighted by Crippen LogP contribution is 2.30. The third-order valence-electron chi connectivity index (χ3n) is 1.68. The van der Waals surface area contributed by atoms with E-state index < -0.39 is 15.4 Å². The molecular formula is C9H6Cl3FO. The van der Waals surface area contributed by atoms with Gasteiger partial charge in [-0.25, -0.2) is 4.39 Å². The number of rotatable bonds is 1. The van der Waals surface area contributed by atoms with Crippen LogP contribution in [0, 0.1) is 12.7 Å². The van der Waals surface area contributed by atoms with E-state index in [1.165, 1.54) is 25.1 Å². The normalized spacial score (nSPS) is 11.5. The van der Waals surface area contributed by atoms with Gasteiger partial charge < -0.3 is 0 Å². The number of alkyl halides is 3. The molecule has 0 saturated carbocycles. The summed E-state index contributed by atoms with van der Waals surface area (Å²) >= 11 is 16.2. The Kier molecular flexibility index (Phi) is 3.40. The number of hydrogen-bond acceptors (Lipinski definition) is 1. The monoisotopic (exact) mass is 254 g/mol. The Morgan fingerprint density at radius 1 is 1.36 bits per heavy atom. The summed E-state index contributed by atoms with van der Waals surface area (Å²) in [4.78, 5) is 11.4. The van der Waals surface area contributed by atoms with Gasteiger partial charge in [0.15, 0.2) is 0 Å². The van der Waals surface area contributed by atoms with Crippen molar-refractivity contribution in [3.63, 3.8) is 0 Å². The average Bonchev–Trinajstić information content (AvgIpc) is 2.07. The van der Waals surface area contributed by atoms with Gasteiger partial charge in [-0.05, 0) is 30.7 Å². The molecule has 0 unspecified atom stereocenters. The predicted octanol–water partition coefficient (Wildman–Crippen LogP) is 3.69. The fourth-order valence-electron chi connectivity index (χ4n) is 0.950. The Morgan fingerprint density at radius 3 is 2.36 bits per heavy atom. The molecule has 1 aromatic carbocycles. The summed E-state index contributed by atoms with van der Waals surface area (Å²) < 4.78 is 10.9. The summed E-state index contributed by atoms with van der Waals surface area (Å²) in [5.74, 6) is -1.06. The van der Waals surface area contributed by atoms with Crippen LogP contribution in [-0.4, -0.2) is 9.58 Å². The Bertz CT molecular complexity index is 371. The highest BCUT2D eigenvalue weighted by molar-refractivity contribution is 6.77. The molecule has 0 aliphatic rings. The number of halogens is 4. The summed E-state index contributed by atoms with van der Waals surface area (Å²) in [6.45, 7) is 1.53. The van der Waals surface area contributed by atoms with Crippen LogP contribution in [0.25, 0.3) is 0 Å². The minimum atomic E-state index is -2.00. The molecule has 0 aromatic heterocycles. The van der Waals surface area contributed by atoms with E-state index in [1.807, 2.05) is 0 Å². The molecule has 0 aliphatic carbocycles. The third kappa shape index (κ3) is 2.59. The van der Waals surface area contributed by atoms with E-state index in [2.05, 4.69) is 0 Å². The maximum absolute atomic E-state index is 12.8. The maximum Gasteiger partial charge on any atom is 0.253 e. The first-order valence-corrected chi connectivity index (χ1v) is 4.83. The van der Waals surface area contributed by atoms with Crippen LogP contribution in [-0.2, 0) is 0 Å². The summed E-state index contributed by atoms with van der Waals surface area (Å²) in [5.41, 5.74) is 0.522. The van der Waals surface area contributed by atoms with Gasteiger partial charge in [-0.2, -0.15) is 0 Å². The predicted molar refractivity (Wildman–Crippen MR) is 55.8 cm³/mol. The van der Waals surface area contributed by atoms with Crippen molar-refractivity contribution in [1.82, 2.24) is 0 Å². The van der Waals surface area contributed by atoms with Crippen molar-refractivity contribution in [2.45, 2.75) is 10.7 Å². The van der Waals surface area contributed by atoms with E-state index in [4.69, 9.17) is 34.8 Å². The van der Waals surface area contributed by atoms with Crippen molar-refractivity contribution in [2.24, 2.45) is 0 Å². The molecule has 5 heteroatoms. The van der Waals surface area contributed by atoms with Gasteiger partial charge in [-0.1, -0.05) is 34.8 Å². The number of carbonyl (C=O) groups is 1. The molecule has 0 saturated heterocycles. The van der Waals surface area contributed by atoms with Crippen LogP contribution >= 0.6 is 34.8 Å². The second kappa shape index (κ2) is 4.05. The van der Waals surface area contributed by atoms with Crippen LogP contribution in [0.2, 0.25) is 0 Å². The molecule has 0 spiro atoms. The molecule has 1 rings (SSSR count). The first kappa shape index (κ1) is 11.8. The molecule has 0 atom stereocenters. The first-order valence-electron chi connectivity index (χ1n) is 3.70. The molecule has 1 nitrogen and oxygen atoms in total. The maximum atomic E-state index is 12.8. The molecule has 0 aliphatic heterocycles. The Morgan fingerprint density at radius 2 is 1.93 bits per heavy atom. The van der Waals surface area contributed by atoms with E-state index in [-0.39, 0.29) is 5.56 Å². The molecule has 0 heterocycles. The van der Waals surface area contributed by atoms with Crippen LogP contribution < -0.4 is 0 Å². The van der Waals surface area contributed by atoms with Crippen molar-refractivity contribution >= 4 is 40.6 Å². The van der Waals surface area contributed by atoms with Crippen LogP contribution in [0.3, 0.4) is 0 Å². The number of Topliss-reactive ketones (excluding diaryl/α,β-unsaturated/α-hetero) is 1. The molecule has 14 heavy (non-hydrogen) atoms. The quantitative estimate of drug-likeness (QED) is 0.552. The minimum absolute atomic E-state index is 0.184. The zero-order valence-corrected chi connectivity index (χ0v) is 9.42. The van der Waals surface area contributed by atoms with Gasteiger partial charge in [0.1, 0.15) is 5.82 Å². The van der Waals surface area contributed by atoms with Gasteiger partial charge in [-0.15, -0.1) is 0 Å². The lowest BCUT2D eigenvalue weighted by Gasteiger charge is -2.09. The largest absolute Gasteiger partial charge is 0.289 e. The number of hydrogen-bond donors (Lipinski definition) is 0. The zero-order chi connectivity index (χ0) is 10.9. The second-order valence-corrected chi connectivity index (χ2v) is 5.07. The van der Waals surface area contributed by atoms with Gasteiger partial charge in [0.2, 0.25) is 5.78 Å². The van der Waals surface area contributed by atoms with Crippen LogP contribution in [0.5, 0.6) is 0 Å². The lowest BCUT2D eigenvalue weighted by atomic mass is 10.1. The molecule has 0 bridgehead atoms. The smallest absolute Gasteiger partial charge is 0.253 e. The van der Waals surface area contributed by atoms with E-state index in [9.17, 15) is 9.18 Å². The molecular weight excluding hydrogens is 249 g/mol. The summed E-state index contributed by atoms with van der Waals surface area (Å²) in [5, 5.41) is 0. The molecule has 0 fully saturated rings. The molecule has 0 N–H and O–H groups in total. The van der Waals surface area contributed by atoms with Crippen LogP contribution in [0.1, 0.15) is 15.9 Å². The number of ketones is 1. The van der Waals surface area contributed by atoms with Gasteiger partial charge in [-0.3, -0.25) is 4.79 Å². The highest BCUT2D eigenvalue weighted by Gasteiger charge is 2.31. The lowest BCUT2D eigenvalue weighted by Crippen LogP contribution is -2.19. The summed E-state index contributed by atoms with van der Waals surface area (Å²) in [6, 6.07) is 3.80. The molecule has 1 aromatic rings. The molecule has 0 radical (unpaired) electrons. The molecule has 0 amide bonds. The zero-order valence-electron chi connectivity index (χ0n) is 7.15. The SMILES string of the molecule is Cc1cc(C(=O)C(Cl)(Cl)Cl)ccc1F. The lowest BCUT2D eigenvalue weighted by molar-refractivity contribution is 0.0996. The van der Waals surface area contributed by atoms with Gasteiger partial charge in [0.05, 0.1) is 0 Å². The van der Waals surface area contributed by atoms with Gasteiger partial charge in [0, 0.05) is 5.56 Å². The van der Waals surface area contributed by atoms with Crippen LogP contribution in [0.15, 0.2) is 18.2 Å². The minimum Gasteiger partial charge on any atom is -0.289 e. The van der Waals surface area contributed by atoms with Crippen molar-refractivity contribution < 1.29 is 9.18 Å². The fourth-order valence-corrected chi connectivity index (χ4v) is 1.28. The Hall–Kier alpha value is -0.310. The number of benzene rings is 1. The van der Waals surface area contributed by atoms with Crippen molar-refractivity contribution in [2.75, 3.05) is 0 Å². The Balaban J connectivity index is 3.10. The first-order chi connectivity index (χ1) is 6.32.